The Morgan fingerprint density at radius 2 is 1.42 bits per heavy atom. The van der Waals surface area contributed by atoms with Crippen molar-refractivity contribution in [2.45, 2.75) is 96.4 Å². The molecule has 0 aliphatic carbocycles. The van der Waals surface area contributed by atoms with Gasteiger partial charge in [0.15, 0.2) is 22.7 Å². The molecule has 2 unspecified atom stereocenters. The molecule has 0 spiro atoms. The van der Waals surface area contributed by atoms with Crippen molar-refractivity contribution >= 4 is 22.7 Å². The van der Waals surface area contributed by atoms with E-state index in [0.717, 1.165) is 17.7 Å². The number of hydrogen-bond donors (Lipinski definition) is 1. The van der Waals surface area contributed by atoms with E-state index < -0.39 is 22.7 Å². The fraction of sp³-hybridized carbons (Fsp3) is 0.720. The van der Waals surface area contributed by atoms with Gasteiger partial charge in [-0.2, -0.15) is 0 Å². The van der Waals surface area contributed by atoms with Crippen molar-refractivity contribution in [2.24, 2.45) is 0 Å². The van der Waals surface area contributed by atoms with Gasteiger partial charge in [-0.1, -0.05) is 53.7 Å². The summed E-state index contributed by atoms with van der Waals surface area (Å²) < 4.78 is 24.0. The van der Waals surface area contributed by atoms with Crippen LogP contribution in [0.5, 0.6) is 5.75 Å². The SMILES string of the molecule is CC(C)(C)[Si](C)(C)OCCCOc1ccc(C2OC(=O)NC2CO[Si](C)(C)C(C)(C)C)cc1. The van der Waals surface area contributed by atoms with Crippen LogP contribution < -0.4 is 10.1 Å². The summed E-state index contributed by atoms with van der Waals surface area (Å²) >= 11 is 0. The predicted octanol–water partition coefficient (Wildman–Crippen LogP) is 6.65. The average Bonchev–Trinajstić information content (AvgIpc) is 3.05. The second-order valence-corrected chi connectivity index (χ2v) is 21.6. The smallest absolute Gasteiger partial charge is 0.408 e. The first-order chi connectivity index (χ1) is 15.0. The van der Waals surface area contributed by atoms with Crippen molar-refractivity contribution < 1.29 is 23.1 Å². The van der Waals surface area contributed by atoms with Gasteiger partial charge in [0.25, 0.3) is 0 Å². The number of nitrogens with one attached hydrogen (secondary N) is 1. The van der Waals surface area contributed by atoms with Gasteiger partial charge in [0, 0.05) is 13.0 Å². The Kier molecular flexibility index (Phi) is 8.87. The molecule has 1 heterocycles. The van der Waals surface area contributed by atoms with Crippen molar-refractivity contribution in [3.8, 4) is 5.75 Å². The van der Waals surface area contributed by atoms with Gasteiger partial charge in [-0.15, -0.1) is 0 Å². The van der Waals surface area contributed by atoms with E-state index in [9.17, 15) is 4.79 Å². The van der Waals surface area contributed by atoms with Crippen molar-refractivity contribution in [1.82, 2.24) is 5.32 Å². The first kappa shape index (κ1) is 27.9. The molecule has 0 bridgehead atoms. The second kappa shape index (κ2) is 10.5. The van der Waals surface area contributed by atoms with E-state index in [1.807, 2.05) is 24.3 Å². The molecule has 33 heavy (non-hydrogen) atoms. The summed E-state index contributed by atoms with van der Waals surface area (Å²) in [5.41, 5.74) is 0.936. The lowest BCUT2D eigenvalue weighted by molar-refractivity contribution is 0.120. The molecule has 1 fully saturated rings. The highest BCUT2D eigenvalue weighted by Gasteiger charge is 2.41. The Balaban J connectivity index is 1.87. The molecule has 1 amide bonds. The summed E-state index contributed by atoms with van der Waals surface area (Å²) in [5, 5.41) is 3.24. The normalized spacial score (nSPS) is 19.9. The molecule has 0 radical (unpaired) electrons. The van der Waals surface area contributed by atoms with E-state index in [4.69, 9.17) is 18.3 Å². The number of benzene rings is 1. The molecule has 2 atom stereocenters. The third kappa shape index (κ3) is 7.57. The van der Waals surface area contributed by atoms with Crippen LogP contribution in [0.15, 0.2) is 24.3 Å². The zero-order valence-corrected chi connectivity index (χ0v) is 24.3. The molecule has 188 valence electrons. The van der Waals surface area contributed by atoms with Crippen LogP contribution in [0.1, 0.15) is 59.6 Å². The second-order valence-electron chi connectivity index (χ2n) is 12.0. The molecule has 1 aliphatic heterocycles. The summed E-state index contributed by atoms with van der Waals surface area (Å²) in [6.45, 7) is 24.1. The van der Waals surface area contributed by atoms with Gasteiger partial charge in [-0.25, -0.2) is 4.79 Å². The van der Waals surface area contributed by atoms with E-state index in [1.165, 1.54) is 0 Å². The number of carbonyl (C=O) groups is 1. The predicted molar refractivity (Wildman–Crippen MR) is 139 cm³/mol. The van der Waals surface area contributed by atoms with Gasteiger partial charge < -0.3 is 23.6 Å². The van der Waals surface area contributed by atoms with Crippen molar-refractivity contribution in [3.05, 3.63) is 29.8 Å². The first-order valence-corrected chi connectivity index (χ1v) is 17.8. The van der Waals surface area contributed by atoms with Gasteiger partial charge in [0.1, 0.15) is 5.75 Å². The molecule has 1 aromatic rings. The Labute approximate surface area is 203 Å². The molecule has 1 saturated heterocycles. The molecular weight excluding hydrogens is 450 g/mol. The van der Waals surface area contributed by atoms with Crippen molar-refractivity contribution in [3.63, 3.8) is 0 Å². The van der Waals surface area contributed by atoms with E-state index in [0.29, 0.717) is 19.8 Å². The molecule has 1 aromatic carbocycles. The molecule has 1 N–H and O–H groups in total. The largest absolute Gasteiger partial charge is 0.494 e. The highest BCUT2D eigenvalue weighted by molar-refractivity contribution is 6.74. The minimum atomic E-state index is -1.91. The van der Waals surface area contributed by atoms with Crippen LogP contribution >= 0.6 is 0 Å². The summed E-state index contributed by atoms with van der Waals surface area (Å²) in [6, 6.07) is 7.59. The first-order valence-electron chi connectivity index (χ1n) is 12.0. The monoisotopic (exact) mass is 495 g/mol. The summed E-state index contributed by atoms with van der Waals surface area (Å²) in [5.74, 6) is 0.803. The number of amides is 1. The van der Waals surface area contributed by atoms with Gasteiger partial charge in [-0.3, -0.25) is 0 Å². The maximum absolute atomic E-state index is 11.9. The Morgan fingerprint density at radius 3 is 1.97 bits per heavy atom. The molecular formula is C25H45NO5Si2. The Hall–Kier alpha value is -1.36. The van der Waals surface area contributed by atoms with E-state index in [2.05, 4.69) is 73.0 Å². The number of hydrogen-bond acceptors (Lipinski definition) is 5. The molecule has 2 rings (SSSR count). The van der Waals surface area contributed by atoms with E-state index in [1.54, 1.807) is 0 Å². The number of rotatable bonds is 10. The molecule has 8 heteroatoms. The van der Waals surface area contributed by atoms with Gasteiger partial charge in [0.05, 0.1) is 19.3 Å². The maximum Gasteiger partial charge on any atom is 0.408 e. The fourth-order valence-corrected chi connectivity index (χ4v) is 5.07. The van der Waals surface area contributed by atoms with E-state index >= 15 is 0 Å². The molecule has 6 nitrogen and oxygen atoms in total. The fourth-order valence-electron chi connectivity index (χ4n) is 2.95. The van der Waals surface area contributed by atoms with Crippen LogP contribution in [-0.2, 0) is 13.6 Å². The van der Waals surface area contributed by atoms with Crippen LogP contribution in [0.4, 0.5) is 4.79 Å². The standard InChI is InChI=1S/C25H45NO5Si2/c1-24(2,3)32(7,8)29-17-11-16-28-20-14-12-19(13-15-20)22-21(26-23(27)31-22)18-30-33(9,10)25(4,5)6/h12-15,21-22H,11,16-18H2,1-10H3,(H,26,27). The minimum Gasteiger partial charge on any atom is -0.494 e. The lowest BCUT2D eigenvalue weighted by Gasteiger charge is -2.37. The highest BCUT2D eigenvalue weighted by atomic mass is 28.4. The van der Waals surface area contributed by atoms with Gasteiger partial charge in [-0.05, 0) is 54.0 Å². The number of cyclic esters (lactones) is 1. The van der Waals surface area contributed by atoms with Crippen LogP contribution in [0, 0.1) is 0 Å². The maximum atomic E-state index is 11.9. The third-order valence-corrected chi connectivity index (χ3v) is 16.4. The number of ether oxygens (including phenoxy) is 2. The van der Waals surface area contributed by atoms with Gasteiger partial charge in [0.2, 0.25) is 0 Å². The van der Waals surface area contributed by atoms with Crippen LogP contribution in [-0.4, -0.2) is 48.6 Å². The number of alkyl carbamates (subject to hydrolysis) is 1. The van der Waals surface area contributed by atoms with Crippen LogP contribution in [0.25, 0.3) is 0 Å². The lowest BCUT2D eigenvalue weighted by atomic mass is 10.0. The topological polar surface area (TPSA) is 66.0 Å². The summed E-state index contributed by atoms with van der Waals surface area (Å²) in [7, 11) is -3.62. The summed E-state index contributed by atoms with van der Waals surface area (Å²) in [4.78, 5) is 11.9. The number of carbonyl (C=O) groups excluding carboxylic acids is 1. The average molecular weight is 496 g/mol. The van der Waals surface area contributed by atoms with E-state index in [-0.39, 0.29) is 22.2 Å². The summed E-state index contributed by atoms with van der Waals surface area (Å²) in [6.07, 6.45) is 0.0888. The zero-order valence-electron chi connectivity index (χ0n) is 22.3. The molecule has 1 aliphatic rings. The highest BCUT2D eigenvalue weighted by Crippen LogP contribution is 2.38. The molecule has 0 aromatic heterocycles. The Bertz CT molecular complexity index is 781. The third-order valence-electron chi connectivity index (χ3n) is 7.37. The van der Waals surface area contributed by atoms with Gasteiger partial charge >= 0.3 is 6.09 Å². The zero-order chi connectivity index (χ0) is 25.1. The van der Waals surface area contributed by atoms with Crippen LogP contribution in [0.3, 0.4) is 0 Å². The molecule has 0 saturated carbocycles. The lowest BCUT2D eigenvalue weighted by Crippen LogP contribution is -2.45. The minimum absolute atomic E-state index is 0.112. The van der Waals surface area contributed by atoms with Crippen molar-refractivity contribution in [2.75, 3.05) is 19.8 Å². The quantitative estimate of drug-likeness (QED) is 0.291. The van der Waals surface area contributed by atoms with Crippen LogP contribution in [0.2, 0.25) is 36.3 Å². The van der Waals surface area contributed by atoms with Crippen molar-refractivity contribution in [1.29, 1.82) is 0 Å². The Morgan fingerprint density at radius 1 is 0.879 bits per heavy atom.